The number of rotatable bonds is 32. The second-order valence-electron chi connectivity index (χ2n) is 12.0. The third-order valence-corrected chi connectivity index (χ3v) is 7.77. The van der Waals surface area contributed by atoms with Gasteiger partial charge < -0.3 is 9.84 Å². The van der Waals surface area contributed by atoms with Gasteiger partial charge in [0.2, 0.25) is 0 Å². The number of carboxylic acid groups (broad SMARTS) is 1. The average molecular weight is 625 g/mol. The fourth-order valence-electron chi connectivity index (χ4n) is 5.00. The smallest absolute Gasteiger partial charge is 0.306 e. The Balaban J connectivity index is 3.61. The van der Waals surface area contributed by atoms with Crippen LogP contribution in [0.2, 0.25) is 0 Å². The number of allylic oxidation sites excluding steroid dienone is 12. The van der Waals surface area contributed by atoms with Crippen molar-refractivity contribution in [3.63, 3.8) is 0 Å². The molecule has 0 aliphatic rings. The molecule has 0 rings (SSSR count). The molecule has 4 heteroatoms. The van der Waals surface area contributed by atoms with Crippen LogP contribution in [0.4, 0.5) is 0 Å². The van der Waals surface area contributed by atoms with Crippen molar-refractivity contribution in [2.24, 2.45) is 0 Å². The van der Waals surface area contributed by atoms with E-state index in [1.54, 1.807) is 0 Å². The van der Waals surface area contributed by atoms with Gasteiger partial charge in [-0.05, 0) is 83.5 Å². The molecule has 1 unspecified atom stereocenters. The van der Waals surface area contributed by atoms with Crippen molar-refractivity contribution in [1.29, 1.82) is 0 Å². The summed E-state index contributed by atoms with van der Waals surface area (Å²) in [4.78, 5) is 22.8. The topological polar surface area (TPSA) is 63.6 Å². The Morgan fingerprint density at radius 2 is 0.911 bits per heavy atom. The molecule has 45 heavy (non-hydrogen) atoms. The Labute approximate surface area is 277 Å². The summed E-state index contributed by atoms with van der Waals surface area (Å²) in [6, 6.07) is 0. The van der Waals surface area contributed by atoms with Gasteiger partial charge in [-0.2, -0.15) is 0 Å². The minimum atomic E-state index is -0.679. The first kappa shape index (κ1) is 42.4. The fraction of sp³-hybridized carbons (Fsp3) is 0.659. The van der Waals surface area contributed by atoms with Crippen molar-refractivity contribution in [2.45, 2.75) is 174 Å². The van der Waals surface area contributed by atoms with Gasteiger partial charge >= 0.3 is 11.9 Å². The number of carbonyl (C=O) groups excluding carboxylic acids is 1. The van der Waals surface area contributed by atoms with Gasteiger partial charge in [0, 0.05) is 12.8 Å². The lowest BCUT2D eigenvalue weighted by molar-refractivity contribution is -0.149. The molecule has 0 aromatic heterocycles. The molecule has 0 aliphatic carbocycles. The van der Waals surface area contributed by atoms with Crippen LogP contribution >= 0.6 is 0 Å². The van der Waals surface area contributed by atoms with E-state index in [0.717, 1.165) is 96.3 Å². The maximum Gasteiger partial charge on any atom is 0.306 e. The zero-order valence-corrected chi connectivity index (χ0v) is 29.1. The Morgan fingerprint density at radius 3 is 1.36 bits per heavy atom. The SMILES string of the molecule is CC/C=C\C/C=C\C/C=C\C/C=C\C/C=C\C/C=C\CCCCC(=O)OC(CC)CCCCCCCCCCCCCC(=O)O. The molecular weight excluding hydrogens is 556 g/mol. The molecule has 0 aromatic carbocycles. The molecule has 0 heterocycles. The summed E-state index contributed by atoms with van der Waals surface area (Å²) in [5, 5.41) is 8.65. The van der Waals surface area contributed by atoms with Gasteiger partial charge in [-0.25, -0.2) is 0 Å². The Bertz CT molecular complexity index is 846. The first-order valence-electron chi connectivity index (χ1n) is 18.4. The van der Waals surface area contributed by atoms with Crippen LogP contribution in [0.15, 0.2) is 72.9 Å². The number of unbranched alkanes of at least 4 members (excludes halogenated alkanes) is 12. The van der Waals surface area contributed by atoms with Crippen molar-refractivity contribution in [2.75, 3.05) is 0 Å². The highest BCUT2D eigenvalue weighted by Crippen LogP contribution is 2.16. The standard InChI is InChI=1S/C41H68O4/c1-3-5-6-7-8-9-10-11-12-13-14-15-16-17-18-19-23-26-29-32-35-38-41(44)45-39(4-2)36-33-30-27-24-21-20-22-25-28-31-34-37-40(42)43/h5-6,8-9,11-12,14-15,17-18,23,26,39H,3-4,7,10,13,16,19-22,24-25,27-38H2,1-2H3,(H,42,43)/b6-5-,9-8-,12-11-,15-14-,18-17-,26-23-. The summed E-state index contributed by atoms with van der Waals surface area (Å²) in [6.45, 7) is 4.27. The van der Waals surface area contributed by atoms with Gasteiger partial charge in [-0.15, -0.1) is 0 Å². The number of esters is 1. The molecule has 0 saturated carbocycles. The van der Waals surface area contributed by atoms with Crippen LogP contribution in [0.3, 0.4) is 0 Å². The lowest BCUT2D eigenvalue weighted by Gasteiger charge is -2.16. The summed E-state index contributed by atoms with van der Waals surface area (Å²) in [6.07, 6.45) is 51.4. The predicted molar refractivity (Wildman–Crippen MR) is 195 cm³/mol. The number of aliphatic carboxylic acids is 1. The van der Waals surface area contributed by atoms with E-state index in [4.69, 9.17) is 9.84 Å². The third kappa shape index (κ3) is 35.7. The van der Waals surface area contributed by atoms with Crippen molar-refractivity contribution in [3.8, 4) is 0 Å². The molecule has 0 amide bonds. The van der Waals surface area contributed by atoms with E-state index in [2.05, 4.69) is 86.8 Å². The number of carboxylic acids is 1. The predicted octanol–water partition coefficient (Wildman–Crippen LogP) is 12.7. The zero-order chi connectivity index (χ0) is 32.9. The van der Waals surface area contributed by atoms with Crippen LogP contribution in [-0.2, 0) is 14.3 Å². The van der Waals surface area contributed by atoms with Crippen LogP contribution in [-0.4, -0.2) is 23.1 Å². The van der Waals surface area contributed by atoms with E-state index in [-0.39, 0.29) is 12.1 Å². The molecule has 1 atom stereocenters. The van der Waals surface area contributed by atoms with Crippen LogP contribution < -0.4 is 0 Å². The lowest BCUT2D eigenvalue weighted by atomic mass is 10.0. The Kier molecular flexibility index (Phi) is 33.8. The minimum Gasteiger partial charge on any atom is -0.481 e. The fourth-order valence-corrected chi connectivity index (χ4v) is 5.00. The van der Waals surface area contributed by atoms with E-state index < -0.39 is 5.97 Å². The van der Waals surface area contributed by atoms with Gasteiger partial charge in [-0.3, -0.25) is 9.59 Å². The highest BCUT2D eigenvalue weighted by Gasteiger charge is 2.12. The minimum absolute atomic E-state index is 0.0347. The van der Waals surface area contributed by atoms with Gasteiger partial charge in [-0.1, -0.05) is 145 Å². The van der Waals surface area contributed by atoms with E-state index in [1.807, 2.05) is 0 Å². The average Bonchev–Trinajstić information content (AvgIpc) is 3.03. The van der Waals surface area contributed by atoms with Crippen LogP contribution in [0.5, 0.6) is 0 Å². The lowest BCUT2D eigenvalue weighted by Crippen LogP contribution is -2.17. The van der Waals surface area contributed by atoms with E-state index >= 15 is 0 Å². The van der Waals surface area contributed by atoms with E-state index in [9.17, 15) is 9.59 Å². The van der Waals surface area contributed by atoms with Crippen molar-refractivity contribution >= 4 is 11.9 Å². The molecule has 256 valence electrons. The van der Waals surface area contributed by atoms with Crippen LogP contribution in [0, 0.1) is 0 Å². The summed E-state index contributed by atoms with van der Waals surface area (Å²) < 4.78 is 5.74. The van der Waals surface area contributed by atoms with E-state index in [0.29, 0.717) is 12.8 Å². The summed E-state index contributed by atoms with van der Waals surface area (Å²) >= 11 is 0. The number of hydrogen-bond donors (Lipinski definition) is 1. The summed E-state index contributed by atoms with van der Waals surface area (Å²) in [5.74, 6) is -0.714. The summed E-state index contributed by atoms with van der Waals surface area (Å²) in [7, 11) is 0. The first-order chi connectivity index (χ1) is 22.1. The van der Waals surface area contributed by atoms with Crippen LogP contribution in [0.1, 0.15) is 168 Å². The molecule has 0 spiro atoms. The molecule has 0 aliphatic heterocycles. The maximum absolute atomic E-state index is 12.3. The van der Waals surface area contributed by atoms with Crippen molar-refractivity contribution < 1.29 is 19.4 Å². The number of carbonyl (C=O) groups is 2. The highest BCUT2D eigenvalue weighted by atomic mass is 16.5. The molecule has 0 saturated heterocycles. The van der Waals surface area contributed by atoms with Gasteiger partial charge in [0.05, 0.1) is 0 Å². The molecule has 0 aromatic rings. The third-order valence-electron chi connectivity index (χ3n) is 7.77. The first-order valence-corrected chi connectivity index (χ1v) is 18.4. The normalized spacial score (nSPS) is 13.1. The molecule has 0 radical (unpaired) electrons. The molecule has 0 bridgehead atoms. The maximum atomic E-state index is 12.3. The molecule has 4 nitrogen and oxygen atoms in total. The van der Waals surface area contributed by atoms with Gasteiger partial charge in [0.1, 0.15) is 6.10 Å². The monoisotopic (exact) mass is 625 g/mol. The largest absolute Gasteiger partial charge is 0.481 e. The Morgan fingerprint density at radius 1 is 0.511 bits per heavy atom. The molecular formula is C41H68O4. The highest BCUT2D eigenvalue weighted by molar-refractivity contribution is 5.69. The molecule has 1 N–H and O–H groups in total. The second-order valence-corrected chi connectivity index (χ2v) is 12.0. The van der Waals surface area contributed by atoms with Crippen LogP contribution in [0.25, 0.3) is 0 Å². The summed E-state index contributed by atoms with van der Waals surface area (Å²) in [5.41, 5.74) is 0. The Hall–Kier alpha value is -2.62. The zero-order valence-electron chi connectivity index (χ0n) is 29.1. The number of hydrogen-bond acceptors (Lipinski definition) is 3. The van der Waals surface area contributed by atoms with Crippen molar-refractivity contribution in [1.82, 2.24) is 0 Å². The van der Waals surface area contributed by atoms with E-state index in [1.165, 1.54) is 44.9 Å². The van der Waals surface area contributed by atoms with Gasteiger partial charge in [0.25, 0.3) is 0 Å². The van der Waals surface area contributed by atoms with Gasteiger partial charge in [0.15, 0.2) is 0 Å². The van der Waals surface area contributed by atoms with Crippen molar-refractivity contribution in [3.05, 3.63) is 72.9 Å². The number of ether oxygens (including phenoxy) is 1. The second kappa shape index (κ2) is 35.9. The quantitative estimate of drug-likeness (QED) is 0.0459. The molecule has 0 fully saturated rings.